The van der Waals surface area contributed by atoms with E-state index in [0.717, 1.165) is 15.9 Å². The van der Waals surface area contributed by atoms with E-state index >= 15 is 4.39 Å². The van der Waals surface area contributed by atoms with Crippen molar-refractivity contribution in [3.8, 4) is 0 Å². The predicted octanol–water partition coefficient (Wildman–Crippen LogP) is 5.70. The van der Waals surface area contributed by atoms with Crippen molar-refractivity contribution in [1.82, 2.24) is 10.2 Å². The third-order valence-electron chi connectivity index (χ3n) is 6.69. The fourth-order valence-corrected chi connectivity index (χ4v) is 5.79. The maximum atomic E-state index is 15.0. The van der Waals surface area contributed by atoms with Gasteiger partial charge >= 0.3 is 0 Å². The van der Waals surface area contributed by atoms with Gasteiger partial charge in [0, 0.05) is 17.6 Å². The third kappa shape index (κ3) is 7.40. The number of carbonyl (C=O) groups excluding carboxylic acids is 2. The Balaban J connectivity index is 2.08. The van der Waals surface area contributed by atoms with Crippen LogP contribution in [0.3, 0.4) is 0 Å². The molecule has 7 nitrogen and oxygen atoms in total. The second-order valence-corrected chi connectivity index (χ2v) is 11.9. The summed E-state index contributed by atoms with van der Waals surface area (Å²) in [5, 5.41) is 3.31. The number of nitrogens with zero attached hydrogens (tertiary/aromatic N) is 2. The smallest absolute Gasteiger partial charge is 0.264 e. The Morgan fingerprint density at radius 1 is 0.950 bits per heavy atom. The van der Waals surface area contributed by atoms with Crippen molar-refractivity contribution in [2.75, 3.05) is 10.8 Å². The molecule has 0 unspecified atom stereocenters. The first-order chi connectivity index (χ1) is 19.0. The predicted molar refractivity (Wildman–Crippen MR) is 156 cm³/mol. The number of benzene rings is 3. The molecule has 0 aromatic heterocycles. The summed E-state index contributed by atoms with van der Waals surface area (Å²) in [6, 6.07) is 17.3. The number of halogens is 2. The summed E-state index contributed by atoms with van der Waals surface area (Å²) in [4.78, 5) is 28.5. The van der Waals surface area contributed by atoms with E-state index in [1.807, 2.05) is 20.8 Å². The zero-order chi connectivity index (χ0) is 29.4. The average Bonchev–Trinajstić information content (AvgIpc) is 2.93. The number of carbonyl (C=O) groups is 2. The first-order valence-electron chi connectivity index (χ1n) is 13.2. The van der Waals surface area contributed by atoms with Crippen LogP contribution in [0.2, 0.25) is 5.02 Å². The summed E-state index contributed by atoms with van der Waals surface area (Å²) in [7, 11) is -4.36. The van der Waals surface area contributed by atoms with E-state index in [-0.39, 0.29) is 35.5 Å². The van der Waals surface area contributed by atoms with Crippen molar-refractivity contribution >= 4 is 39.1 Å². The molecule has 0 aliphatic rings. The number of para-hydroxylation sites is 1. The zero-order valence-electron chi connectivity index (χ0n) is 23.1. The maximum absolute atomic E-state index is 15.0. The highest BCUT2D eigenvalue weighted by molar-refractivity contribution is 7.92. The highest BCUT2D eigenvalue weighted by atomic mass is 35.5. The Morgan fingerprint density at radius 3 is 2.17 bits per heavy atom. The van der Waals surface area contributed by atoms with Gasteiger partial charge in [0.2, 0.25) is 11.8 Å². The molecule has 2 atom stereocenters. The second-order valence-electron chi connectivity index (χ2n) is 9.63. The molecule has 0 aliphatic heterocycles. The standard InChI is InChI=1S/C30H35ClFN3O4S/c1-5-22(4)33-30(37)27(6-2)34(19-23-11-7-8-12-25(23)31)29(36)20-35(28-14-10-9-13-26(28)32)40(38,39)24-17-15-21(3)16-18-24/h7-18,22,27H,5-6,19-20H2,1-4H3,(H,33,37)/t22-,27-/m0/s1. The molecule has 2 amide bonds. The highest BCUT2D eigenvalue weighted by Gasteiger charge is 2.35. The van der Waals surface area contributed by atoms with Crippen LogP contribution in [-0.2, 0) is 26.2 Å². The lowest BCUT2D eigenvalue weighted by Crippen LogP contribution is -2.53. The number of hydrogen-bond donors (Lipinski definition) is 1. The molecule has 3 rings (SSSR count). The topological polar surface area (TPSA) is 86.8 Å². The lowest BCUT2D eigenvalue weighted by molar-refractivity contribution is -0.140. The van der Waals surface area contributed by atoms with Gasteiger partial charge in [0.1, 0.15) is 18.4 Å². The van der Waals surface area contributed by atoms with Crippen LogP contribution < -0.4 is 9.62 Å². The second kappa shape index (κ2) is 13.8. The van der Waals surface area contributed by atoms with Gasteiger partial charge in [-0.1, -0.05) is 73.5 Å². The normalized spacial score (nSPS) is 12.8. The average molecular weight is 588 g/mol. The molecule has 3 aromatic rings. The first-order valence-corrected chi connectivity index (χ1v) is 15.0. The number of nitrogens with one attached hydrogen (secondary N) is 1. The molecule has 0 bridgehead atoms. The van der Waals surface area contributed by atoms with E-state index in [2.05, 4.69) is 5.32 Å². The van der Waals surface area contributed by atoms with E-state index < -0.39 is 34.3 Å². The van der Waals surface area contributed by atoms with Crippen molar-refractivity contribution in [3.05, 3.63) is 94.8 Å². The van der Waals surface area contributed by atoms with E-state index in [1.54, 1.807) is 43.3 Å². The van der Waals surface area contributed by atoms with Gasteiger partial charge in [-0.2, -0.15) is 0 Å². The SMILES string of the molecule is CC[C@H](C)NC(=O)[C@H](CC)N(Cc1ccccc1Cl)C(=O)CN(c1ccccc1F)S(=O)(=O)c1ccc(C)cc1. The van der Waals surface area contributed by atoms with Crippen molar-refractivity contribution in [1.29, 1.82) is 0 Å². The lowest BCUT2D eigenvalue weighted by atomic mass is 10.1. The molecule has 0 saturated carbocycles. The van der Waals surface area contributed by atoms with Gasteiger partial charge in [-0.3, -0.25) is 13.9 Å². The quantitative estimate of drug-likeness (QED) is 0.294. The van der Waals surface area contributed by atoms with Crippen LogP contribution in [0.5, 0.6) is 0 Å². The summed E-state index contributed by atoms with van der Waals surface area (Å²) < 4.78 is 43.4. The fourth-order valence-electron chi connectivity index (χ4n) is 4.18. The summed E-state index contributed by atoms with van der Waals surface area (Å²) in [6.07, 6.45) is 0.958. The van der Waals surface area contributed by atoms with Crippen LogP contribution >= 0.6 is 11.6 Å². The molecule has 0 spiro atoms. The number of sulfonamides is 1. The molecule has 0 saturated heterocycles. The first kappa shape index (κ1) is 31.1. The molecule has 0 aliphatic carbocycles. The summed E-state index contributed by atoms with van der Waals surface area (Å²) in [5.74, 6) is -1.84. The number of amides is 2. The Morgan fingerprint density at radius 2 is 1.57 bits per heavy atom. The van der Waals surface area contributed by atoms with Gasteiger partial charge in [-0.15, -0.1) is 0 Å². The molecular weight excluding hydrogens is 553 g/mol. The zero-order valence-corrected chi connectivity index (χ0v) is 24.7. The molecular formula is C30H35ClFN3O4S. The minimum absolute atomic E-state index is 0.0410. The van der Waals surface area contributed by atoms with Crippen molar-refractivity contribution < 1.29 is 22.4 Å². The molecule has 1 N–H and O–H groups in total. The number of hydrogen-bond acceptors (Lipinski definition) is 4. The van der Waals surface area contributed by atoms with Gasteiger partial charge in [0.25, 0.3) is 10.0 Å². The highest BCUT2D eigenvalue weighted by Crippen LogP contribution is 2.28. The van der Waals surface area contributed by atoms with E-state index in [9.17, 15) is 18.0 Å². The fraction of sp³-hybridized carbons (Fsp3) is 0.333. The molecule has 0 fully saturated rings. The molecule has 0 heterocycles. The van der Waals surface area contributed by atoms with E-state index in [4.69, 9.17) is 11.6 Å². The van der Waals surface area contributed by atoms with Crippen molar-refractivity contribution in [2.24, 2.45) is 0 Å². The van der Waals surface area contributed by atoms with E-state index in [1.165, 1.54) is 35.2 Å². The monoisotopic (exact) mass is 587 g/mol. The summed E-state index contributed by atoms with van der Waals surface area (Å²) in [6.45, 7) is 6.61. The Kier molecular flexibility index (Phi) is 10.7. The summed E-state index contributed by atoms with van der Waals surface area (Å²) in [5.41, 5.74) is 1.16. The Bertz CT molecular complexity index is 1430. The molecule has 3 aromatic carbocycles. The van der Waals surface area contributed by atoms with Gasteiger partial charge in [0.05, 0.1) is 10.6 Å². The maximum Gasteiger partial charge on any atom is 0.264 e. The molecule has 40 heavy (non-hydrogen) atoms. The minimum atomic E-state index is -4.36. The molecule has 214 valence electrons. The number of anilines is 1. The van der Waals surface area contributed by atoms with Gasteiger partial charge in [-0.05, 0) is 62.6 Å². The van der Waals surface area contributed by atoms with Gasteiger partial charge in [-0.25, -0.2) is 12.8 Å². The van der Waals surface area contributed by atoms with Crippen molar-refractivity contribution in [2.45, 2.75) is 64.1 Å². The van der Waals surface area contributed by atoms with Gasteiger partial charge < -0.3 is 10.2 Å². The molecule has 0 radical (unpaired) electrons. The molecule has 10 heteroatoms. The minimum Gasteiger partial charge on any atom is -0.352 e. The van der Waals surface area contributed by atoms with Crippen LogP contribution in [0.15, 0.2) is 77.7 Å². The number of aryl methyl sites for hydroxylation is 1. The summed E-state index contributed by atoms with van der Waals surface area (Å²) >= 11 is 6.40. The van der Waals surface area contributed by atoms with Crippen LogP contribution in [0.25, 0.3) is 0 Å². The Hall–Kier alpha value is -3.43. The van der Waals surface area contributed by atoms with E-state index in [0.29, 0.717) is 17.0 Å². The van der Waals surface area contributed by atoms with Gasteiger partial charge in [0.15, 0.2) is 0 Å². The number of rotatable bonds is 12. The van der Waals surface area contributed by atoms with Crippen molar-refractivity contribution in [3.63, 3.8) is 0 Å². The van der Waals surface area contributed by atoms with Crippen LogP contribution in [-0.4, -0.2) is 43.8 Å². The Labute approximate surface area is 241 Å². The van der Waals surface area contributed by atoms with Crippen LogP contribution in [0.4, 0.5) is 10.1 Å². The third-order valence-corrected chi connectivity index (χ3v) is 8.84. The lowest BCUT2D eigenvalue weighted by Gasteiger charge is -2.34. The van der Waals surface area contributed by atoms with Crippen LogP contribution in [0, 0.1) is 12.7 Å². The largest absolute Gasteiger partial charge is 0.352 e. The van der Waals surface area contributed by atoms with Crippen LogP contribution in [0.1, 0.15) is 44.7 Å².